The lowest BCUT2D eigenvalue weighted by molar-refractivity contribution is -0.137. The van der Waals surface area contributed by atoms with Crippen molar-refractivity contribution in [2.24, 2.45) is 11.3 Å². The van der Waals surface area contributed by atoms with Crippen molar-refractivity contribution >= 4 is 27.3 Å². The quantitative estimate of drug-likeness (QED) is 0.401. The summed E-state index contributed by atoms with van der Waals surface area (Å²) < 4.78 is 42.1. The highest BCUT2D eigenvalue weighted by atomic mass is 32.1. The summed E-state index contributed by atoms with van der Waals surface area (Å²) in [5, 5.41) is 8.70. The Balaban J connectivity index is 1.73. The first-order valence-corrected chi connectivity index (χ1v) is 10.9. The molecule has 31 heavy (non-hydrogen) atoms. The van der Waals surface area contributed by atoms with E-state index >= 15 is 0 Å². The first kappa shape index (κ1) is 20.2. The summed E-state index contributed by atoms with van der Waals surface area (Å²) in [6, 6.07) is 4.57. The van der Waals surface area contributed by atoms with Crippen LogP contribution >= 0.6 is 11.3 Å². The highest BCUT2D eigenvalue weighted by Crippen LogP contribution is 2.42. The van der Waals surface area contributed by atoms with Gasteiger partial charge in [0.25, 0.3) is 5.56 Å². The van der Waals surface area contributed by atoms with E-state index in [2.05, 4.69) is 31.0 Å². The second-order valence-corrected chi connectivity index (χ2v) is 10.3. The number of benzene rings is 1. The molecule has 0 N–H and O–H groups in total. The van der Waals surface area contributed by atoms with Gasteiger partial charge in [0.05, 0.1) is 16.6 Å². The van der Waals surface area contributed by atoms with Gasteiger partial charge in [-0.3, -0.25) is 9.20 Å². The third-order valence-electron chi connectivity index (χ3n) is 6.29. The van der Waals surface area contributed by atoms with Gasteiger partial charge < -0.3 is 0 Å². The molecule has 0 spiro atoms. The predicted molar refractivity (Wildman–Crippen MR) is 114 cm³/mol. The Morgan fingerprint density at radius 1 is 1.13 bits per heavy atom. The monoisotopic (exact) mass is 446 g/mol. The molecular weight excluding hydrogens is 425 g/mol. The van der Waals surface area contributed by atoms with Crippen LogP contribution in [0.1, 0.15) is 43.2 Å². The maximum Gasteiger partial charge on any atom is 0.416 e. The van der Waals surface area contributed by atoms with Crippen molar-refractivity contribution in [3.8, 4) is 5.69 Å². The van der Waals surface area contributed by atoms with Crippen molar-refractivity contribution in [3.63, 3.8) is 0 Å². The second kappa shape index (κ2) is 6.66. The molecule has 0 aliphatic heterocycles. The van der Waals surface area contributed by atoms with E-state index in [0.717, 1.165) is 41.8 Å². The summed E-state index contributed by atoms with van der Waals surface area (Å²) in [6.45, 7) is 6.72. The summed E-state index contributed by atoms with van der Waals surface area (Å²) in [6.07, 6.45) is -0.147. The number of hydrogen-bond donors (Lipinski definition) is 0. The number of aryl methyl sites for hydroxylation is 1. The van der Waals surface area contributed by atoms with Crippen LogP contribution in [-0.2, 0) is 19.0 Å². The third-order valence-corrected chi connectivity index (χ3v) is 7.54. The van der Waals surface area contributed by atoms with Gasteiger partial charge in [-0.25, -0.2) is 4.57 Å². The molecule has 5 rings (SSSR count). The zero-order valence-electron chi connectivity index (χ0n) is 17.3. The fourth-order valence-electron chi connectivity index (χ4n) is 4.46. The van der Waals surface area contributed by atoms with Crippen LogP contribution in [0.2, 0.25) is 0 Å². The Bertz CT molecular complexity index is 1360. The Morgan fingerprint density at radius 2 is 1.84 bits per heavy atom. The van der Waals surface area contributed by atoms with Gasteiger partial charge in [0.2, 0.25) is 5.78 Å². The van der Waals surface area contributed by atoms with Crippen molar-refractivity contribution in [2.75, 3.05) is 0 Å². The summed E-state index contributed by atoms with van der Waals surface area (Å²) in [7, 11) is 0. The smallest absolute Gasteiger partial charge is 0.268 e. The van der Waals surface area contributed by atoms with Crippen molar-refractivity contribution in [2.45, 2.75) is 46.2 Å². The van der Waals surface area contributed by atoms with Crippen LogP contribution in [0, 0.1) is 11.3 Å². The predicted octanol–water partition coefficient (Wildman–Crippen LogP) is 5.26. The number of rotatable bonds is 1. The molecule has 1 aliphatic rings. The van der Waals surface area contributed by atoms with Gasteiger partial charge in [0.15, 0.2) is 0 Å². The fourth-order valence-corrected chi connectivity index (χ4v) is 5.85. The molecule has 162 valence electrons. The second-order valence-electron chi connectivity index (χ2n) is 9.18. The van der Waals surface area contributed by atoms with Crippen LogP contribution in [0.4, 0.5) is 13.2 Å². The molecule has 0 bridgehead atoms. The van der Waals surface area contributed by atoms with Crippen LogP contribution in [0.3, 0.4) is 0 Å². The van der Waals surface area contributed by atoms with E-state index in [4.69, 9.17) is 0 Å². The molecule has 0 saturated carbocycles. The first-order valence-electron chi connectivity index (χ1n) is 10.1. The van der Waals surface area contributed by atoms with Crippen molar-refractivity contribution < 1.29 is 13.2 Å². The molecule has 1 unspecified atom stereocenters. The van der Waals surface area contributed by atoms with E-state index in [-0.39, 0.29) is 11.0 Å². The minimum absolute atomic E-state index is 0.181. The Labute approximate surface area is 180 Å². The molecule has 3 heterocycles. The lowest BCUT2D eigenvalue weighted by Gasteiger charge is -2.33. The van der Waals surface area contributed by atoms with Gasteiger partial charge in [0.1, 0.15) is 11.2 Å². The van der Waals surface area contributed by atoms with E-state index < -0.39 is 11.7 Å². The molecule has 0 amide bonds. The van der Waals surface area contributed by atoms with Gasteiger partial charge >= 0.3 is 6.18 Å². The standard InChI is InChI=1S/C22H21F3N4OS/c1-21(2,3)13-6-9-15-16(10-13)31-19-17(15)18(30)29(20-27-26-11-28(19)20)14-7-4-12(5-8-14)22(23,24)25/h4-5,7-8,11,13H,6,9-10H2,1-3H3. The molecular formula is C22H21F3N4OS. The Hall–Kier alpha value is -2.68. The minimum Gasteiger partial charge on any atom is -0.268 e. The molecule has 4 aromatic rings. The maximum absolute atomic E-state index is 13.6. The molecule has 9 heteroatoms. The molecule has 1 aromatic carbocycles. The van der Waals surface area contributed by atoms with Crippen molar-refractivity contribution in [1.29, 1.82) is 0 Å². The molecule has 0 saturated heterocycles. The number of hydrogen-bond acceptors (Lipinski definition) is 4. The topological polar surface area (TPSA) is 52.2 Å². The molecule has 5 nitrogen and oxygen atoms in total. The number of aromatic nitrogens is 4. The number of alkyl halides is 3. The molecule has 0 radical (unpaired) electrons. The number of halogens is 3. The summed E-state index contributed by atoms with van der Waals surface area (Å²) >= 11 is 1.60. The minimum atomic E-state index is -4.44. The fraction of sp³-hybridized carbons (Fsp3) is 0.409. The van der Waals surface area contributed by atoms with Crippen molar-refractivity contribution in [1.82, 2.24) is 19.2 Å². The molecule has 3 aromatic heterocycles. The number of fused-ring (bicyclic) bond motifs is 5. The normalized spacial score (nSPS) is 17.4. The lowest BCUT2D eigenvalue weighted by Crippen LogP contribution is -2.27. The zero-order chi connectivity index (χ0) is 22.1. The maximum atomic E-state index is 13.6. The number of thiophene rings is 1. The van der Waals surface area contributed by atoms with Crippen LogP contribution in [0.15, 0.2) is 35.4 Å². The van der Waals surface area contributed by atoms with Crippen LogP contribution in [0.25, 0.3) is 21.7 Å². The average Bonchev–Trinajstić information content (AvgIpc) is 3.31. The summed E-state index contributed by atoms with van der Waals surface area (Å²) in [5.41, 5.74) is 0.550. The van der Waals surface area contributed by atoms with Gasteiger partial charge in [-0.05, 0) is 60.4 Å². The zero-order valence-corrected chi connectivity index (χ0v) is 18.1. The van der Waals surface area contributed by atoms with Gasteiger partial charge in [-0.1, -0.05) is 20.8 Å². The largest absolute Gasteiger partial charge is 0.416 e. The third kappa shape index (κ3) is 3.17. The van der Waals surface area contributed by atoms with Crippen LogP contribution in [0.5, 0.6) is 0 Å². The van der Waals surface area contributed by atoms with Gasteiger partial charge in [-0.15, -0.1) is 21.5 Å². The Kier molecular flexibility index (Phi) is 4.35. The molecule has 1 atom stereocenters. The average molecular weight is 446 g/mol. The van der Waals surface area contributed by atoms with Gasteiger partial charge in [-0.2, -0.15) is 13.2 Å². The lowest BCUT2D eigenvalue weighted by atomic mass is 9.72. The summed E-state index contributed by atoms with van der Waals surface area (Å²) in [4.78, 5) is 15.6. The highest BCUT2D eigenvalue weighted by Gasteiger charge is 2.33. The SMILES string of the molecule is CC(C)(C)C1CCc2c(sc3c2c(=O)n(-c2ccc(C(F)(F)F)cc2)c2nncn32)C1. The summed E-state index contributed by atoms with van der Waals surface area (Å²) in [5.74, 6) is 0.824. The van der Waals surface area contributed by atoms with Crippen LogP contribution < -0.4 is 5.56 Å². The van der Waals surface area contributed by atoms with E-state index in [1.54, 1.807) is 22.1 Å². The first-order chi connectivity index (χ1) is 14.6. The van der Waals surface area contributed by atoms with E-state index in [1.165, 1.54) is 21.6 Å². The van der Waals surface area contributed by atoms with E-state index in [0.29, 0.717) is 22.8 Å². The van der Waals surface area contributed by atoms with Gasteiger partial charge in [0, 0.05) is 4.88 Å². The highest BCUT2D eigenvalue weighted by molar-refractivity contribution is 7.18. The molecule has 0 fully saturated rings. The van der Waals surface area contributed by atoms with Crippen molar-refractivity contribution in [3.05, 3.63) is 57.0 Å². The number of nitrogens with zero attached hydrogens (tertiary/aromatic N) is 4. The van der Waals surface area contributed by atoms with Crippen LogP contribution in [-0.4, -0.2) is 19.2 Å². The molecule has 1 aliphatic carbocycles. The van der Waals surface area contributed by atoms with E-state index in [1.807, 2.05) is 0 Å². The van der Waals surface area contributed by atoms with E-state index in [9.17, 15) is 18.0 Å². The Morgan fingerprint density at radius 3 is 2.48 bits per heavy atom.